The number of rotatable bonds is 7. The highest BCUT2D eigenvalue weighted by Crippen LogP contribution is 2.33. The van der Waals surface area contributed by atoms with Gasteiger partial charge in [0.15, 0.2) is 11.5 Å². The van der Waals surface area contributed by atoms with Crippen molar-refractivity contribution in [3.05, 3.63) is 64.7 Å². The largest absolute Gasteiger partial charge is 0.504 e. The van der Waals surface area contributed by atoms with Gasteiger partial charge in [0, 0.05) is 22.8 Å². The molecule has 0 saturated heterocycles. The summed E-state index contributed by atoms with van der Waals surface area (Å²) in [6.45, 7) is 8.78. The third-order valence-corrected chi connectivity index (χ3v) is 3.80. The molecule has 2 aromatic carbocycles. The number of phenolic OH excluding ortho intramolecular Hbond substituents is 1. The number of hydrogen-bond acceptors (Lipinski definition) is 3. The number of ether oxygens (including phenoxy) is 1. The second-order valence-electron chi connectivity index (χ2n) is 5.34. The van der Waals surface area contributed by atoms with Crippen LogP contribution in [0.2, 0.25) is 5.02 Å². The van der Waals surface area contributed by atoms with Crippen LogP contribution in [0.25, 0.3) is 0 Å². The molecule has 3 nitrogen and oxygen atoms in total. The number of halogens is 1. The molecule has 0 unspecified atom stereocenters. The van der Waals surface area contributed by atoms with Crippen molar-refractivity contribution in [1.29, 1.82) is 0 Å². The summed E-state index contributed by atoms with van der Waals surface area (Å²) in [5.41, 5.74) is 3.96. The third kappa shape index (κ3) is 4.42. The summed E-state index contributed by atoms with van der Waals surface area (Å²) in [6, 6.07) is 9.59. The Balaban J connectivity index is 2.24. The van der Waals surface area contributed by atoms with Gasteiger partial charge in [0.1, 0.15) is 0 Å². The minimum absolute atomic E-state index is 0.189. The van der Waals surface area contributed by atoms with Crippen LogP contribution in [0.15, 0.2) is 43.0 Å². The maximum absolute atomic E-state index is 10.2. The predicted octanol–water partition coefficient (Wildman–Crippen LogP) is 5.09. The van der Waals surface area contributed by atoms with Gasteiger partial charge in [-0.15, -0.1) is 6.58 Å². The quantitative estimate of drug-likeness (QED) is 0.694. The van der Waals surface area contributed by atoms with Gasteiger partial charge in [-0.1, -0.05) is 23.7 Å². The summed E-state index contributed by atoms with van der Waals surface area (Å²) in [5, 5.41) is 14.3. The first-order valence-electron chi connectivity index (χ1n) is 7.63. The van der Waals surface area contributed by atoms with Crippen LogP contribution in [0.1, 0.15) is 23.6 Å². The fourth-order valence-electron chi connectivity index (χ4n) is 2.39. The molecule has 122 valence electrons. The molecule has 0 bridgehead atoms. The maximum Gasteiger partial charge on any atom is 0.161 e. The molecule has 0 spiro atoms. The van der Waals surface area contributed by atoms with E-state index in [1.165, 1.54) is 0 Å². The molecule has 0 aromatic heterocycles. The molecule has 0 aliphatic rings. The molecule has 4 heteroatoms. The molecule has 2 rings (SSSR count). The summed E-state index contributed by atoms with van der Waals surface area (Å²) in [4.78, 5) is 0. The smallest absolute Gasteiger partial charge is 0.161 e. The molecule has 2 aromatic rings. The number of allylic oxidation sites excluding steroid dienone is 1. The van der Waals surface area contributed by atoms with Crippen molar-refractivity contribution in [1.82, 2.24) is 0 Å². The van der Waals surface area contributed by atoms with Crippen molar-refractivity contribution < 1.29 is 9.84 Å². The van der Waals surface area contributed by atoms with Crippen molar-refractivity contribution in [2.45, 2.75) is 26.8 Å². The predicted molar refractivity (Wildman–Crippen MR) is 96.7 cm³/mol. The molecule has 0 radical (unpaired) electrons. The van der Waals surface area contributed by atoms with Crippen LogP contribution < -0.4 is 10.1 Å². The SMILES string of the molecule is C=CCc1cc(CNc2cc(Cl)ccc2C)cc(OCC)c1O. The van der Waals surface area contributed by atoms with Gasteiger partial charge in [-0.05, 0) is 55.7 Å². The number of benzene rings is 2. The van der Waals surface area contributed by atoms with E-state index in [9.17, 15) is 5.11 Å². The first-order valence-corrected chi connectivity index (χ1v) is 8.01. The lowest BCUT2D eigenvalue weighted by molar-refractivity contribution is 0.316. The first kappa shape index (κ1) is 17.2. The van der Waals surface area contributed by atoms with Crippen LogP contribution in [0.4, 0.5) is 5.69 Å². The topological polar surface area (TPSA) is 41.5 Å². The molecule has 0 aliphatic heterocycles. The van der Waals surface area contributed by atoms with Gasteiger partial charge in [0.25, 0.3) is 0 Å². The minimum atomic E-state index is 0.189. The fourth-order valence-corrected chi connectivity index (χ4v) is 2.56. The van der Waals surface area contributed by atoms with Crippen molar-refractivity contribution >= 4 is 17.3 Å². The normalized spacial score (nSPS) is 10.4. The lowest BCUT2D eigenvalue weighted by Gasteiger charge is -2.14. The average Bonchev–Trinajstić information content (AvgIpc) is 2.53. The van der Waals surface area contributed by atoms with E-state index in [2.05, 4.69) is 11.9 Å². The summed E-state index contributed by atoms with van der Waals surface area (Å²) in [7, 11) is 0. The summed E-state index contributed by atoms with van der Waals surface area (Å²) >= 11 is 6.05. The van der Waals surface area contributed by atoms with Crippen molar-refractivity contribution in [3.8, 4) is 11.5 Å². The van der Waals surface area contributed by atoms with E-state index in [0.717, 1.165) is 22.4 Å². The average molecular weight is 332 g/mol. The Labute approximate surface area is 142 Å². The third-order valence-electron chi connectivity index (χ3n) is 3.56. The molecule has 23 heavy (non-hydrogen) atoms. The lowest BCUT2D eigenvalue weighted by atomic mass is 10.1. The van der Waals surface area contributed by atoms with E-state index in [0.29, 0.717) is 30.3 Å². The number of aryl methyl sites for hydroxylation is 1. The lowest BCUT2D eigenvalue weighted by Crippen LogP contribution is -2.03. The Morgan fingerprint density at radius 2 is 2.09 bits per heavy atom. The zero-order valence-corrected chi connectivity index (χ0v) is 14.3. The summed E-state index contributed by atoms with van der Waals surface area (Å²) in [5.74, 6) is 0.695. The highest BCUT2D eigenvalue weighted by atomic mass is 35.5. The maximum atomic E-state index is 10.2. The minimum Gasteiger partial charge on any atom is -0.504 e. The standard InChI is InChI=1S/C19H22ClNO2/c1-4-6-15-9-14(10-18(19(15)22)23-5-2)12-21-17-11-16(20)8-7-13(17)3/h4,7-11,21-22H,1,5-6,12H2,2-3H3. The Hall–Kier alpha value is -2.13. The van der Waals surface area contributed by atoms with E-state index in [4.69, 9.17) is 16.3 Å². The second kappa shape index (κ2) is 7.93. The Morgan fingerprint density at radius 1 is 1.30 bits per heavy atom. The van der Waals surface area contributed by atoms with Crippen LogP contribution in [0.5, 0.6) is 11.5 Å². The number of anilines is 1. The van der Waals surface area contributed by atoms with Gasteiger partial charge in [-0.2, -0.15) is 0 Å². The number of nitrogens with one attached hydrogen (secondary N) is 1. The Bertz CT molecular complexity index is 698. The van der Waals surface area contributed by atoms with Crippen molar-refractivity contribution in [2.75, 3.05) is 11.9 Å². The highest BCUT2D eigenvalue weighted by molar-refractivity contribution is 6.30. The van der Waals surface area contributed by atoms with E-state index >= 15 is 0 Å². The molecule has 0 amide bonds. The van der Waals surface area contributed by atoms with Crippen LogP contribution in [-0.4, -0.2) is 11.7 Å². The molecular formula is C19H22ClNO2. The molecular weight excluding hydrogens is 310 g/mol. The Morgan fingerprint density at radius 3 is 2.78 bits per heavy atom. The molecule has 0 heterocycles. The van der Waals surface area contributed by atoms with Gasteiger partial charge >= 0.3 is 0 Å². The zero-order valence-electron chi connectivity index (χ0n) is 13.5. The molecule has 0 aliphatic carbocycles. The van der Waals surface area contributed by atoms with Crippen molar-refractivity contribution in [3.63, 3.8) is 0 Å². The van der Waals surface area contributed by atoms with Crippen LogP contribution in [0.3, 0.4) is 0 Å². The highest BCUT2D eigenvalue weighted by Gasteiger charge is 2.10. The van der Waals surface area contributed by atoms with Crippen LogP contribution in [0, 0.1) is 6.92 Å². The number of aromatic hydroxyl groups is 1. The van der Waals surface area contributed by atoms with Gasteiger partial charge < -0.3 is 15.2 Å². The monoisotopic (exact) mass is 331 g/mol. The summed E-state index contributed by atoms with van der Waals surface area (Å²) < 4.78 is 5.53. The van der Waals surface area contributed by atoms with Gasteiger partial charge in [-0.25, -0.2) is 0 Å². The molecule has 0 saturated carbocycles. The second-order valence-corrected chi connectivity index (χ2v) is 5.78. The van der Waals surface area contributed by atoms with Gasteiger partial charge in [-0.3, -0.25) is 0 Å². The van der Waals surface area contributed by atoms with Gasteiger partial charge in [0.2, 0.25) is 0 Å². The molecule has 2 N–H and O–H groups in total. The number of phenols is 1. The zero-order chi connectivity index (χ0) is 16.8. The molecule has 0 atom stereocenters. The van der Waals surface area contributed by atoms with E-state index < -0.39 is 0 Å². The number of hydrogen-bond donors (Lipinski definition) is 2. The van der Waals surface area contributed by atoms with E-state index in [1.807, 2.05) is 44.2 Å². The molecule has 0 fully saturated rings. The fraction of sp³-hybridized carbons (Fsp3) is 0.263. The van der Waals surface area contributed by atoms with E-state index in [1.54, 1.807) is 6.08 Å². The van der Waals surface area contributed by atoms with Crippen LogP contribution in [-0.2, 0) is 13.0 Å². The Kier molecular flexibility index (Phi) is 5.94. The van der Waals surface area contributed by atoms with E-state index in [-0.39, 0.29) is 5.75 Å². The summed E-state index contributed by atoms with van der Waals surface area (Å²) in [6.07, 6.45) is 2.36. The van der Waals surface area contributed by atoms with Crippen LogP contribution >= 0.6 is 11.6 Å². The van der Waals surface area contributed by atoms with Crippen molar-refractivity contribution in [2.24, 2.45) is 0 Å². The first-order chi connectivity index (χ1) is 11.0. The van der Waals surface area contributed by atoms with Gasteiger partial charge in [0.05, 0.1) is 6.61 Å².